The van der Waals surface area contributed by atoms with Crippen molar-refractivity contribution in [2.75, 3.05) is 23.0 Å². The third-order valence-electron chi connectivity index (χ3n) is 4.16. The highest BCUT2D eigenvalue weighted by Gasteiger charge is 2.33. The van der Waals surface area contributed by atoms with E-state index in [-0.39, 0.29) is 5.25 Å². The van der Waals surface area contributed by atoms with Gasteiger partial charge in [0.15, 0.2) is 0 Å². The van der Waals surface area contributed by atoms with Crippen molar-refractivity contribution in [3.8, 4) is 0 Å². The smallest absolute Gasteiger partial charge is 0.0178 e. The lowest BCUT2D eigenvalue weighted by molar-refractivity contribution is 0.525. The molecule has 0 aromatic heterocycles. The number of hydrogen-bond acceptors (Lipinski definition) is 7. The summed E-state index contributed by atoms with van der Waals surface area (Å²) in [6.45, 7) is 0. The van der Waals surface area contributed by atoms with Gasteiger partial charge in [0.05, 0.1) is 0 Å². The third kappa shape index (κ3) is 5.23. The van der Waals surface area contributed by atoms with E-state index >= 15 is 0 Å². The monoisotopic (exact) mass is 404 g/mol. The fraction of sp³-hybridized carbons (Fsp3) is 1.00. The summed E-state index contributed by atoms with van der Waals surface area (Å²) in [7, 11) is 0. The van der Waals surface area contributed by atoms with Crippen molar-refractivity contribution in [2.24, 2.45) is 11.8 Å². The van der Waals surface area contributed by atoms with Gasteiger partial charge in [-0.1, -0.05) is 0 Å². The first-order chi connectivity index (χ1) is 9.49. The molecule has 0 aliphatic carbocycles. The van der Waals surface area contributed by atoms with Crippen molar-refractivity contribution in [1.82, 2.24) is 0 Å². The first-order valence-corrected chi connectivity index (χ1v) is 11.9. The number of hydrogen-bond donors (Lipinski definition) is 5. The van der Waals surface area contributed by atoms with E-state index in [0.717, 1.165) is 24.7 Å². The minimum Gasteiger partial charge on any atom is -0.176 e. The molecule has 2 heterocycles. The van der Waals surface area contributed by atoms with E-state index in [1.54, 1.807) is 0 Å². The molecule has 0 N–H and O–H groups in total. The highest BCUT2D eigenvalue weighted by atomic mass is 32.2. The Morgan fingerprint density at radius 3 is 1.65 bits per heavy atom. The minimum atomic E-state index is 0.283. The van der Waals surface area contributed by atoms with Gasteiger partial charge in [-0.25, -0.2) is 0 Å². The van der Waals surface area contributed by atoms with E-state index in [2.05, 4.69) is 0 Å². The van der Waals surface area contributed by atoms with Gasteiger partial charge in [-0.2, -0.15) is 86.7 Å². The molecule has 20 heavy (non-hydrogen) atoms. The summed E-state index contributed by atoms with van der Waals surface area (Å²) in [5, 5.41) is 1.77. The van der Waals surface area contributed by atoms with Crippen LogP contribution in [-0.4, -0.2) is 49.3 Å². The predicted molar refractivity (Wildman–Crippen MR) is 115 cm³/mol. The van der Waals surface area contributed by atoms with Gasteiger partial charge in [0.25, 0.3) is 0 Å². The summed E-state index contributed by atoms with van der Waals surface area (Å²) in [6, 6.07) is 0. The molecule has 118 valence electrons. The molecule has 2 saturated heterocycles. The van der Waals surface area contributed by atoms with Crippen LogP contribution in [0.4, 0.5) is 0 Å². The fourth-order valence-electron chi connectivity index (χ4n) is 2.38. The Labute approximate surface area is 159 Å². The second kappa shape index (κ2) is 9.07. The van der Waals surface area contributed by atoms with Gasteiger partial charge in [0, 0.05) is 26.2 Å². The molecule has 0 saturated carbocycles. The molecule has 2 aliphatic heterocycles. The zero-order chi connectivity index (χ0) is 14.7. The van der Waals surface area contributed by atoms with E-state index in [9.17, 15) is 0 Å². The average molecular weight is 405 g/mol. The molecule has 0 spiro atoms. The van der Waals surface area contributed by atoms with E-state index in [1.165, 1.54) is 23.0 Å². The first-order valence-electron chi connectivity index (χ1n) is 7.05. The van der Waals surface area contributed by atoms with E-state index in [4.69, 9.17) is 63.1 Å². The lowest BCUT2D eigenvalue weighted by Gasteiger charge is -2.36. The van der Waals surface area contributed by atoms with Crippen LogP contribution >= 0.6 is 86.7 Å². The van der Waals surface area contributed by atoms with Crippen molar-refractivity contribution in [1.29, 1.82) is 0 Å². The Morgan fingerprint density at radius 1 is 0.700 bits per heavy atom. The van der Waals surface area contributed by atoms with Crippen LogP contribution in [-0.2, 0) is 0 Å². The summed E-state index contributed by atoms with van der Waals surface area (Å²) in [5.41, 5.74) is 0. The minimum absolute atomic E-state index is 0.283. The predicted octanol–water partition coefficient (Wildman–Crippen LogP) is 3.98. The molecule has 2 fully saturated rings. The number of rotatable bonds is 8. The standard InChI is InChI=1S/C13H24S7/c14-9(7-3-19-4-7)1-10(15)11(16)2-12(17)13(18)8-5-20-6-8/h7-18H,1-6H2. The van der Waals surface area contributed by atoms with Crippen LogP contribution in [0.5, 0.6) is 0 Å². The summed E-state index contributed by atoms with van der Waals surface area (Å²) in [4.78, 5) is 0. The van der Waals surface area contributed by atoms with E-state index < -0.39 is 0 Å². The molecule has 5 unspecified atom stereocenters. The zero-order valence-electron chi connectivity index (χ0n) is 11.3. The van der Waals surface area contributed by atoms with Crippen LogP contribution in [0.1, 0.15) is 12.8 Å². The van der Waals surface area contributed by atoms with Crippen LogP contribution in [0.25, 0.3) is 0 Å². The summed E-state index contributed by atoms with van der Waals surface area (Å²) in [6.07, 6.45) is 2.03. The Morgan fingerprint density at radius 2 is 1.20 bits per heavy atom. The Kier molecular flexibility index (Phi) is 8.52. The summed E-state index contributed by atoms with van der Waals surface area (Å²) < 4.78 is 0. The van der Waals surface area contributed by atoms with Crippen LogP contribution in [0.15, 0.2) is 0 Å². The highest BCUT2D eigenvalue weighted by Crippen LogP contribution is 2.37. The molecule has 0 bridgehead atoms. The third-order valence-corrected chi connectivity index (χ3v) is 10.4. The first kappa shape index (κ1) is 18.8. The topological polar surface area (TPSA) is 0 Å². The molecule has 7 heteroatoms. The fourth-order valence-corrected chi connectivity index (χ4v) is 7.12. The highest BCUT2D eigenvalue weighted by molar-refractivity contribution is 8.01. The van der Waals surface area contributed by atoms with Crippen LogP contribution < -0.4 is 0 Å². The maximum atomic E-state index is 4.76. The van der Waals surface area contributed by atoms with Gasteiger partial charge in [-0.05, 0) is 47.7 Å². The van der Waals surface area contributed by atoms with Gasteiger partial charge < -0.3 is 0 Å². The molecular formula is C13H24S7. The van der Waals surface area contributed by atoms with Crippen molar-refractivity contribution in [2.45, 2.75) is 39.1 Å². The maximum Gasteiger partial charge on any atom is 0.0178 e. The molecular weight excluding hydrogens is 381 g/mol. The SMILES string of the molecule is SC(CC(S)C1CSC1)C(S)CC(S)C(S)C1CSC1. The second-order valence-corrected chi connectivity index (χ2v) is 11.2. The largest absolute Gasteiger partial charge is 0.176 e. The van der Waals surface area contributed by atoms with Crippen molar-refractivity contribution >= 4 is 86.7 Å². The molecule has 0 radical (unpaired) electrons. The van der Waals surface area contributed by atoms with Crippen molar-refractivity contribution in [3.05, 3.63) is 0 Å². The lowest BCUT2D eigenvalue weighted by Crippen LogP contribution is -2.37. The normalized spacial score (nSPS) is 28.1. The average Bonchev–Trinajstić information content (AvgIpc) is 2.23. The zero-order valence-corrected chi connectivity index (χ0v) is 17.4. The Balaban J connectivity index is 1.70. The number of thioether (sulfide) groups is 2. The van der Waals surface area contributed by atoms with Crippen molar-refractivity contribution < 1.29 is 0 Å². The molecule has 2 rings (SSSR count). The van der Waals surface area contributed by atoms with Crippen LogP contribution in [0, 0.1) is 11.8 Å². The summed E-state index contributed by atoms with van der Waals surface area (Å²) >= 11 is 27.8. The van der Waals surface area contributed by atoms with Gasteiger partial charge >= 0.3 is 0 Å². The maximum absolute atomic E-state index is 4.76. The summed E-state index contributed by atoms with van der Waals surface area (Å²) in [5.74, 6) is 6.51. The number of thiol groups is 5. The molecule has 0 amide bonds. The molecule has 2 aliphatic rings. The van der Waals surface area contributed by atoms with Crippen LogP contribution in [0.3, 0.4) is 0 Å². The molecule has 0 aromatic rings. The molecule has 5 atom stereocenters. The van der Waals surface area contributed by atoms with Gasteiger partial charge in [0.1, 0.15) is 0 Å². The van der Waals surface area contributed by atoms with E-state index in [0.29, 0.717) is 21.0 Å². The Bertz CT molecular complexity index is 292. The van der Waals surface area contributed by atoms with E-state index in [1.807, 2.05) is 23.5 Å². The molecule has 0 aromatic carbocycles. The Hall–Kier alpha value is 2.45. The van der Waals surface area contributed by atoms with Crippen molar-refractivity contribution in [3.63, 3.8) is 0 Å². The molecule has 0 nitrogen and oxygen atoms in total. The lowest BCUT2D eigenvalue weighted by atomic mass is 9.98. The van der Waals surface area contributed by atoms with Gasteiger partial charge in [-0.15, -0.1) is 0 Å². The van der Waals surface area contributed by atoms with Crippen LogP contribution in [0.2, 0.25) is 0 Å². The van der Waals surface area contributed by atoms with Gasteiger partial charge in [-0.3, -0.25) is 0 Å². The second-order valence-electron chi connectivity index (χ2n) is 5.83. The van der Waals surface area contributed by atoms with Gasteiger partial charge in [0.2, 0.25) is 0 Å². The quantitative estimate of drug-likeness (QED) is 0.388.